The molecule has 1 amide bonds. The van der Waals surface area contributed by atoms with Crippen molar-refractivity contribution in [2.75, 3.05) is 7.11 Å². The molecule has 20 heavy (non-hydrogen) atoms. The summed E-state index contributed by atoms with van der Waals surface area (Å²) in [6, 6.07) is 13.6. The number of rotatable bonds is 4. The number of methoxy groups -OCH3 is 1. The third-order valence-electron chi connectivity index (χ3n) is 2.75. The van der Waals surface area contributed by atoms with E-state index in [2.05, 4.69) is 16.4 Å². The molecule has 2 rings (SSSR count). The van der Waals surface area contributed by atoms with Crippen LogP contribution in [0.25, 0.3) is 0 Å². The number of aromatic nitrogens is 1. The Kier molecular flexibility index (Phi) is 4.30. The maximum absolute atomic E-state index is 12.2. The summed E-state index contributed by atoms with van der Waals surface area (Å²) >= 11 is 0. The van der Waals surface area contributed by atoms with E-state index < -0.39 is 11.9 Å². The fraction of sp³-hybridized carbons (Fsp3) is 0.133. The number of hydrogen-bond donors (Lipinski definition) is 1. The van der Waals surface area contributed by atoms with Crippen molar-refractivity contribution in [2.24, 2.45) is 0 Å². The number of carbonyl (C=O) groups is 1. The Hall–Kier alpha value is -2.87. The van der Waals surface area contributed by atoms with E-state index in [0.717, 1.165) is 5.56 Å². The molecule has 5 nitrogen and oxygen atoms in total. The summed E-state index contributed by atoms with van der Waals surface area (Å²) in [6.07, 6.45) is 1.54. The number of carbonyl (C=O) groups excluding carboxylic acids is 1. The Balaban J connectivity index is 2.20. The molecule has 1 atom stereocenters. The number of pyridine rings is 1. The summed E-state index contributed by atoms with van der Waals surface area (Å²) in [4.78, 5) is 16.1. The van der Waals surface area contributed by atoms with Crippen LogP contribution in [-0.4, -0.2) is 18.0 Å². The van der Waals surface area contributed by atoms with Gasteiger partial charge in [0.2, 0.25) is 5.88 Å². The highest BCUT2D eigenvalue weighted by atomic mass is 16.5. The van der Waals surface area contributed by atoms with Crippen LogP contribution in [0, 0.1) is 11.3 Å². The van der Waals surface area contributed by atoms with Gasteiger partial charge in [-0.15, -0.1) is 0 Å². The second kappa shape index (κ2) is 6.34. The van der Waals surface area contributed by atoms with Crippen molar-refractivity contribution < 1.29 is 9.53 Å². The first-order valence-corrected chi connectivity index (χ1v) is 6.00. The number of benzene rings is 1. The van der Waals surface area contributed by atoms with E-state index in [1.807, 2.05) is 18.2 Å². The molecule has 2 aromatic rings. The van der Waals surface area contributed by atoms with Crippen LogP contribution in [0.5, 0.6) is 5.88 Å². The van der Waals surface area contributed by atoms with Gasteiger partial charge in [0, 0.05) is 6.20 Å². The van der Waals surface area contributed by atoms with Crippen molar-refractivity contribution in [3.8, 4) is 11.9 Å². The third kappa shape index (κ3) is 2.93. The second-order valence-electron chi connectivity index (χ2n) is 4.01. The van der Waals surface area contributed by atoms with E-state index in [1.165, 1.54) is 13.3 Å². The molecule has 0 bridgehead atoms. The molecule has 0 saturated carbocycles. The Bertz CT molecular complexity index is 635. The van der Waals surface area contributed by atoms with Crippen molar-refractivity contribution in [1.29, 1.82) is 5.26 Å². The van der Waals surface area contributed by atoms with E-state index in [0.29, 0.717) is 5.56 Å². The summed E-state index contributed by atoms with van der Waals surface area (Å²) in [7, 11) is 1.44. The molecule has 1 N–H and O–H groups in total. The van der Waals surface area contributed by atoms with Gasteiger partial charge in [0.05, 0.1) is 13.2 Å². The standard InChI is InChI=1S/C15H13N3O2/c1-20-15-12(8-5-9-17-15)14(19)18-13(10-16)11-6-3-2-4-7-11/h2-9,13H,1H3,(H,18,19). The van der Waals surface area contributed by atoms with E-state index in [-0.39, 0.29) is 5.88 Å². The van der Waals surface area contributed by atoms with Gasteiger partial charge in [0.15, 0.2) is 0 Å². The SMILES string of the molecule is COc1ncccc1C(=O)NC(C#N)c1ccccc1. The molecular weight excluding hydrogens is 254 g/mol. The molecule has 5 heteroatoms. The molecule has 0 radical (unpaired) electrons. The molecule has 1 heterocycles. The average molecular weight is 267 g/mol. The molecule has 0 saturated heterocycles. The van der Waals surface area contributed by atoms with Crippen LogP contribution in [-0.2, 0) is 0 Å². The van der Waals surface area contributed by atoms with Gasteiger partial charge in [0.25, 0.3) is 5.91 Å². The Labute approximate surface area is 116 Å². The third-order valence-corrected chi connectivity index (χ3v) is 2.75. The highest BCUT2D eigenvalue weighted by Gasteiger charge is 2.18. The van der Waals surface area contributed by atoms with Gasteiger partial charge in [-0.1, -0.05) is 30.3 Å². The average Bonchev–Trinajstić information content (AvgIpc) is 2.53. The summed E-state index contributed by atoms with van der Waals surface area (Å²) in [6.45, 7) is 0. The smallest absolute Gasteiger partial charge is 0.258 e. The quantitative estimate of drug-likeness (QED) is 0.920. The van der Waals surface area contributed by atoms with E-state index >= 15 is 0 Å². The first kappa shape index (κ1) is 13.6. The van der Waals surface area contributed by atoms with Gasteiger partial charge < -0.3 is 10.1 Å². The fourth-order valence-electron chi connectivity index (χ4n) is 1.77. The van der Waals surface area contributed by atoms with Crippen LogP contribution in [0.3, 0.4) is 0 Å². The zero-order valence-corrected chi connectivity index (χ0v) is 10.9. The van der Waals surface area contributed by atoms with Gasteiger partial charge in [-0.05, 0) is 17.7 Å². The first-order valence-electron chi connectivity index (χ1n) is 6.00. The number of hydrogen-bond acceptors (Lipinski definition) is 4. The van der Waals surface area contributed by atoms with Gasteiger partial charge in [0.1, 0.15) is 11.6 Å². The molecule has 0 aliphatic carbocycles. The molecule has 1 unspecified atom stereocenters. The monoisotopic (exact) mass is 267 g/mol. The Morgan fingerprint density at radius 1 is 1.30 bits per heavy atom. The molecule has 0 spiro atoms. The molecule has 1 aromatic heterocycles. The van der Waals surface area contributed by atoms with Gasteiger partial charge in [-0.2, -0.15) is 5.26 Å². The van der Waals surface area contributed by atoms with Crippen LogP contribution >= 0.6 is 0 Å². The number of ether oxygens (including phenoxy) is 1. The number of amides is 1. The minimum Gasteiger partial charge on any atom is -0.480 e. The zero-order chi connectivity index (χ0) is 14.4. The lowest BCUT2D eigenvalue weighted by molar-refractivity contribution is 0.0941. The molecule has 0 fully saturated rings. The van der Waals surface area contributed by atoms with Gasteiger partial charge >= 0.3 is 0 Å². The lowest BCUT2D eigenvalue weighted by atomic mass is 10.1. The van der Waals surface area contributed by atoms with E-state index in [4.69, 9.17) is 4.74 Å². The van der Waals surface area contributed by atoms with E-state index in [9.17, 15) is 10.1 Å². The lowest BCUT2D eigenvalue weighted by Gasteiger charge is -2.13. The second-order valence-corrected chi connectivity index (χ2v) is 4.01. The summed E-state index contributed by atoms with van der Waals surface area (Å²) < 4.78 is 5.03. The lowest BCUT2D eigenvalue weighted by Crippen LogP contribution is -2.28. The van der Waals surface area contributed by atoms with Crippen molar-refractivity contribution in [2.45, 2.75) is 6.04 Å². The maximum Gasteiger partial charge on any atom is 0.258 e. The molecule has 100 valence electrons. The van der Waals surface area contributed by atoms with Crippen LogP contribution in [0.1, 0.15) is 22.0 Å². The Morgan fingerprint density at radius 2 is 2.05 bits per heavy atom. The maximum atomic E-state index is 12.2. The topological polar surface area (TPSA) is 75.0 Å². The Morgan fingerprint density at radius 3 is 2.70 bits per heavy atom. The number of nitrogens with one attached hydrogen (secondary N) is 1. The van der Waals surface area contributed by atoms with Crippen molar-refractivity contribution >= 4 is 5.91 Å². The molecule has 0 aliphatic heterocycles. The highest BCUT2D eigenvalue weighted by molar-refractivity contribution is 5.96. The number of nitriles is 1. The van der Waals surface area contributed by atoms with Gasteiger partial charge in [-0.25, -0.2) is 4.98 Å². The van der Waals surface area contributed by atoms with Crippen LogP contribution in [0.4, 0.5) is 0 Å². The normalized spacial score (nSPS) is 11.2. The zero-order valence-electron chi connectivity index (χ0n) is 10.9. The largest absolute Gasteiger partial charge is 0.480 e. The van der Waals surface area contributed by atoms with Crippen molar-refractivity contribution in [3.05, 3.63) is 59.8 Å². The summed E-state index contributed by atoms with van der Waals surface area (Å²) in [5.41, 5.74) is 1.03. The van der Waals surface area contributed by atoms with Crippen LogP contribution in [0.2, 0.25) is 0 Å². The predicted octanol–water partition coefficient (Wildman–Crippen LogP) is 2.08. The van der Waals surface area contributed by atoms with Gasteiger partial charge in [-0.3, -0.25) is 4.79 Å². The minimum absolute atomic E-state index is 0.231. The van der Waals surface area contributed by atoms with Crippen LogP contribution in [0.15, 0.2) is 48.7 Å². The van der Waals surface area contributed by atoms with E-state index in [1.54, 1.807) is 24.3 Å². The number of nitrogens with zero attached hydrogens (tertiary/aromatic N) is 2. The first-order chi connectivity index (χ1) is 9.76. The van der Waals surface area contributed by atoms with Crippen molar-refractivity contribution in [3.63, 3.8) is 0 Å². The predicted molar refractivity (Wildman–Crippen MR) is 73.1 cm³/mol. The minimum atomic E-state index is -0.714. The van der Waals surface area contributed by atoms with Crippen LogP contribution < -0.4 is 10.1 Å². The molecular formula is C15H13N3O2. The molecule has 1 aromatic carbocycles. The van der Waals surface area contributed by atoms with Crippen molar-refractivity contribution in [1.82, 2.24) is 10.3 Å². The summed E-state index contributed by atoms with van der Waals surface area (Å²) in [5.74, 6) is -0.167. The summed E-state index contributed by atoms with van der Waals surface area (Å²) in [5, 5.41) is 11.8. The molecule has 0 aliphatic rings. The highest BCUT2D eigenvalue weighted by Crippen LogP contribution is 2.16. The fourth-order valence-corrected chi connectivity index (χ4v) is 1.77.